The molecular weight excluding hydrogens is 302 g/mol. The van der Waals surface area contributed by atoms with Crippen LogP contribution in [0.5, 0.6) is 0 Å². The van der Waals surface area contributed by atoms with E-state index in [2.05, 4.69) is 45.5 Å². The minimum Gasteiger partial charge on any atom is -0.381 e. The number of halogens is 1. The third-order valence-corrected chi connectivity index (χ3v) is 5.18. The first-order valence-electron chi connectivity index (χ1n) is 7.42. The molecule has 1 spiro atoms. The maximum absolute atomic E-state index is 6.15. The summed E-state index contributed by atoms with van der Waals surface area (Å²) >= 11 is 3.62. The van der Waals surface area contributed by atoms with Crippen molar-refractivity contribution in [3.05, 3.63) is 28.7 Å². The molecule has 19 heavy (non-hydrogen) atoms. The Bertz CT molecular complexity index is 423. The summed E-state index contributed by atoms with van der Waals surface area (Å²) in [5.41, 5.74) is 1.38. The Kier molecular flexibility index (Phi) is 4.13. The van der Waals surface area contributed by atoms with E-state index in [1.165, 1.54) is 37.8 Å². The van der Waals surface area contributed by atoms with Crippen molar-refractivity contribution in [3.8, 4) is 0 Å². The first-order valence-corrected chi connectivity index (χ1v) is 8.22. The summed E-state index contributed by atoms with van der Waals surface area (Å²) in [6.45, 7) is 0.905. The summed E-state index contributed by atoms with van der Waals surface area (Å²) in [5.74, 6) is 0. The van der Waals surface area contributed by atoms with E-state index < -0.39 is 0 Å². The van der Waals surface area contributed by atoms with Crippen molar-refractivity contribution < 1.29 is 4.74 Å². The quantitative estimate of drug-likeness (QED) is 0.848. The van der Waals surface area contributed by atoms with Gasteiger partial charge in [-0.1, -0.05) is 31.4 Å². The molecule has 0 aromatic heterocycles. The Balaban J connectivity index is 1.67. The summed E-state index contributed by atoms with van der Waals surface area (Å²) in [6, 6.07) is 8.93. The fraction of sp³-hybridized carbons (Fsp3) is 0.625. The van der Waals surface area contributed by atoms with Crippen molar-refractivity contribution in [1.82, 2.24) is 0 Å². The van der Waals surface area contributed by atoms with E-state index in [-0.39, 0.29) is 5.60 Å². The lowest BCUT2D eigenvalue weighted by Gasteiger charge is -2.44. The van der Waals surface area contributed by atoms with Gasteiger partial charge in [-0.2, -0.15) is 0 Å². The van der Waals surface area contributed by atoms with Crippen LogP contribution in [0.25, 0.3) is 0 Å². The number of para-hydroxylation sites is 1. The SMILES string of the molecule is Brc1ccccc1NC1CCOC2(CCCCC2)C1. The lowest BCUT2D eigenvalue weighted by molar-refractivity contribution is -0.103. The molecule has 2 fully saturated rings. The number of anilines is 1. The molecular formula is C16H22BrNO. The van der Waals surface area contributed by atoms with Crippen LogP contribution in [-0.2, 0) is 4.74 Å². The van der Waals surface area contributed by atoms with Crippen molar-refractivity contribution in [2.24, 2.45) is 0 Å². The molecule has 0 radical (unpaired) electrons. The van der Waals surface area contributed by atoms with Crippen LogP contribution < -0.4 is 5.32 Å². The molecule has 2 nitrogen and oxygen atoms in total. The number of hydrogen-bond acceptors (Lipinski definition) is 2. The second-order valence-electron chi connectivity index (χ2n) is 5.91. The third-order valence-electron chi connectivity index (χ3n) is 4.49. The molecule has 1 N–H and O–H groups in total. The third kappa shape index (κ3) is 3.14. The van der Waals surface area contributed by atoms with Crippen LogP contribution in [0, 0.1) is 0 Å². The van der Waals surface area contributed by atoms with E-state index in [0.717, 1.165) is 23.9 Å². The van der Waals surface area contributed by atoms with Gasteiger partial charge in [-0.15, -0.1) is 0 Å². The van der Waals surface area contributed by atoms with Crippen molar-refractivity contribution in [1.29, 1.82) is 0 Å². The average Bonchev–Trinajstić information content (AvgIpc) is 2.42. The molecule has 1 saturated carbocycles. The van der Waals surface area contributed by atoms with Crippen LogP contribution in [0.1, 0.15) is 44.9 Å². The van der Waals surface area contributed by atoms with Gasteiger partial charge in [0, 0.05) is 22.8 Å². The Morgan fingerprint density at radius 3 is 2.74 bits per heavy atom. The zero-order chi connectivity index (χ0) is 13.1. The number of nitrogens with one attached hydrogen (secondary N) is 1. The van der Waals surface area contributed by atoms with Crippen LogP contribution >= 0.6 is 15.9 Å². The zero-order valence-electron chi connectivity index (χ0n) is 11.3. The Morgan fingerprint density at radius 1 is 1.16 bits per heavy atom. The van der Waals surface area contributed by atoms with E-state index in [1.54, 1.807) is 0 Å². The van der Waals surface area contributed by atoms with Gasteiger partial charge >= 0.3 is 0 Å². The molecule has 1 aromatic carbocycles. The average molecular weight is 324 g/mol. The van der Waals surface area contributed by atoms with Gasteiger partial charge in [0.15, 0.2) is 0 Å². The van der Waals surface area contributed by atoms with E-state index in [9.17, 15) is 0 Å². The maximum Gasteiger partial charge on any atom is 0.0702 e. The Hall–Kier alpha value is -0.540. The Labute approximate surface area is 124 Å². The van der Waals surface area contributed by atoms with Gasteiger partial charge in [0.2, 0.25) is 0 Å². The molecule has 1 saturated heterocycles. The lowest BCUT2D eigenvalue weighted by atomic mass is 9.78. The topological polar surface area (TPSA) is 21.3 Å². The number of rotatable bonds is 2. The molecule has 0 amide bonds. The van der Waals surface area contributed by atoms with Gasteiger partial charge in [-0.25, -0.2) is 0 Å². The predicted molar refractivity (Wildman–Crippen MR) is 82.6 cm³/mol. The van der Waals surface area contributed by atoms with Crippen LogP contribution in [0.15, 0.2) is 28.7 Å². The monoisotopic (exact) mass is 323 g/mol. The summed E-state index contributed by atoms with van der Waals surface area (Å²) in [7, 11) is 0. The van der Waals surface area contributed by atoms with E-state index >= 15 is 0 Å². The zero-order valence-corrected chi connectivity index (χ0v) is 12.9. The van der Waals surface area contributed by atoms with Crippen LogP contribution in [-0.4, -0.2) is 18.2 Å². The molecule has 1 aromatic rings. The van der Waals surface area contributed by atoms with Gasteiger partial charge in [0.1, 0.15) is 0 Å². The summed E-state index contributed by atoms with van der Waals surface area (Å²) in [4.78, 5) is 0. The molecule has 3 heteroatoms. The molecule has 3 rings (SSSR count). The molecule has 1 heterocycles. The molecule has 1 aliphatic heterocycles. The fourth-order valence-electron chi connectivity index (χ4n) is 3.49. The minimum absolute atomic E-state index is 0.176. The molecule has 1 atom stereocenters. The smallest absolute Gasteiger partial charge is 0.0702 e. The second-order valence-corrected chi connectivity index (χ2v) is 6.76. The highest BCUT2D eigenvalue weighted by molar-refractivity contribution is 9.10. The van der Waals surface area contributed by atoms with Gasteiger partial charge in [-0.3, -0.25) is 0 Å². The Morgan fingerprint density at radius 2 is 1.95 bits per heavy atom. The van der Waals surface area contributed by atoms with Crippen LogP contribution in [0.4, 0.5) is 5.69 Å². The number of hydrogen-bond donors (Lipinski definition) is 1. The standard InChI is InChI=1S/C16H22BrNO/c17-14-6-2-3-7-15(14)18-13-8-11-19-16(12-13)9-4-1-5-10-16/h2-3,6-7,13,18H,1,4-5,8-12H2. The molecule has 104 valence electrons. The largest absolute Gasteiger partial charge is 0.381 e. The highest BCUT2D eigenvalue weighted by Crippen LogP contribution is 2.39. The molecule has 1 unspecified atom stereocenters. The normalized spacial score (nSPS) is 26.3. The second kappa shape index (κ2) is 5.84. The summed E-state index contributed by atoms with van der Waals surface area (Å²) < 4.78 is 7.30. The summed E-state index contributed by atoms with van der Waals surface area (Å²) in [5, 5.41) is 3.69. The van der Waals surface area contributed by atoms with Crippen molar-refractivity contribution in [2.75, 3.05) is 11.9 Å². The van der Waals surface area contributed by atoms with E-state index in [0.29, 0.717) is 6.04 Å². The fourth-order valence-corrected chi connectivity index (χ4v) is 3.89. The predicted octanol–water partition coefficient (Wildman–Crippen LogP) is 4.74. The van der Waals surface area contributed by atoms with Gasteiger partial charge in [0.05, 0.1) is 5.60 Å². The highest BCUT2D eigenvalue weighted by Gasteiger charge is 2.38. The van der Waals surface area contributed by atoms with Gasteiger partial charge in [0.25, 0.3) is 0 Å². The van der Waals surface area contributed by atoms with Crippen molar-refractivity contribution in [2.45, 2.75) is 56.6 Å². The van der Waals surface area contributed by atoms with Gasteiger partial charge < -0.3 is 10.1 Å². The van der Waals surface area contributed by atoms with E-state index in [4.69, 9.17) is 4.74 Å². The van der Waals surface area contributed by atoms with Gasteiger partial charge in [-0.05, 0) is 53.7 Å². The molecule has 1 aliphatic carbocycles. The number of ether oxygens (including phenoxy) is 1. The van der Waals surface area contributed by atoms with Crippen molar-refractivity contribution in [3.63, 3.8) is 0 Å². The molecule has 0 bridgehead atoms. The lowest BCUT2D eigenvalue weighted by Crippen LogP contribution is -2.45. The highest BCUT2D eigenvalue weighted by atomic mass is 79.9. The van der Waals surface area contributed by atoms with Crippen LogP contribution in [0.3, 0.4) is 0 Å². The van der Waals surface area contributed by atoms with E-state index in [1.807, 2.05) is 0 Å². The molecule has 2 aliphatic rings. The maximum atomic E-state index is 6.15. The summed E-state index contributed by atoms with van der Waals surface area (Å²) in [6.07, 6.45) is 8.83. The van der Waals surface area contributed by atoms with Crippen LogP contribution in [0.2, 0.25) is 0 Å². The first kappa shape index (κ1) is 13.4. The van der Waals surface area contributed by atoms with Crippen molar-refractivity contribution >= 4 is 21.6 Å². The minimum atomic E-state index is 0.176. The first-order chi connectivity index (χ1) is 9.27. The number of benzene rings is 1.